The Balaban J connectivity index is 1.52. The number of sulfonamides is 1. The van der Waals surface area contributed by atoms with Gasteiger partial charge in [-0.1, -0.05) is 30.7 Å². The Hall–Kier alpha value is -3.00. The molecule has 2 amide bonds. The predicted molar refractivity (Wildman–Crippen MR) is 138 cm³/mol. The van der Waals surface area contributed by atoms with Crippen LogP contribution in [0.15, 0.2) is 41.3 Å². The van der Waals surface area contributed by atoms with Crippen LogP contribution in [0.25, 0.3) is 0 Å². The molecule has 1 fully saturated rings. The Morgan fingerprint density at radius 1 is 1.30 bits per heavy atom. The number of hydrogen-bond donors (Lipinski definition) is 5. The first-order valence-corrected chi connectivity index (χ1v) is 13.8. The molecule has 2 aromatic carbocycles. The van der Waals surface area contributed by atoms with E-state index in [2.05, 4.69) is 23.3 Å². The number of rotatable bonds is 7. The minimum Gasteiger partial charge on any atom is -0.488 e. The Labute approximate surface area is 223 Å². The lowest BCUT2D eigenvalue weighted by atomic mass is 10.1. The number of carbonyl (C=O) groups excluding carboxylic acids is 2. The number of carbonyl (C=O) groups is 3. The molecule has 0 spiro atoms. The highest BCUT2D eigenvalue weighted by atomic mass is 35.5. The minimum atomic E-state index is -4.12. The normalized spacial score (nSPS) is 22.0. The van der Waals surface area contributed by atoms with E-state index in [-0.39, 0.29) is 34.4 Å². The number of primary sulfonamides is 1. The molecule has 0 radical (unpaired) electrons. The van der Waals surface area contributed by atoms with Gasteiger partial charge in [-0.25, -0.2) is 18.4 Å². The molecule has 37 heavy (non-hydrogen) atoms. The molecule has 2 aliphatic heterocycles. The third-order valence-electron chi connectivity index (χ3n) is 6.22. The van der Waals surface area contributed by atoms with Gasteiger partial charge >= 0.3 is 5.97 Å². The first-order chi connectivity index (χ1) is 17.4. The van der Waals surface area contributed by atoms with Gasteiger partial charge in [0.05, 0.1) is 22.8 Å². The van der Waals surface area contributed by atoms with Gasteiger partial charge in [0.15, 0.2) is 0 Å². The predicted octanol–water partition coefficient (Wildman–Crippen LogP) is 1.84. The molecular weight excluding hydrogens is 544 g/mol. The summed E-state index contributed by atoms with van der Waals surface area (Å²) in [6.07, 6.45) is -1.11. The number of thiol groups is 1. The number of carboxylic acids is 1. The van der Waals surface area contributed by atoms with E-state index in [4.69, 9.17) is 21.5 Å². The van der Waals surface area contributed by atoms with Crippen molar-refractivity contribution in [2.24, 2.45) is 11.1 Å². The second kappa shape index (κ2) is 10.4. The molecule has 2 aromatic rings. The first kappa shape index (κ1) is 27.0. The maximum atomic E-state index is 12.7. The molecular formula is C23H25ClN4O7S2. The molecule has 0 aromatic heterocycles. The van der Waals surface area contributed by atoms with Gasteiger partial charge < -0.3 is 25.4 Å². The zero-order chi connectivity index (χ0) is 27.1. The van der Waals surface area contributed by atoms with E-state index >= 15 is 0 Å². The number of benzene rings is 2. The average molecular weight is 569 g/mol. The summed E-state index contributed by atoms with van der Waals surface area (Å²) in [6.45, 7) is 1.81. The average Bonchev–Trinajstić information content (AvgIpc) is 3.26. The van der Waals surface area contributed by atoms with Crippen LogP contribution in [0.1, 0.15) is 35.4 Å². The Kier molecular flexibility index (Phi) is 7.60. The standard InChI is InChI=1S/C23H25ClN4O7S2/c1-11(10-36)22(30)28-9-14(6-18(28)23(31)32)35-13-4-2-3-12(5-13)20-26-17-8-16(24)19(37(25,33)34)7-15(17)21(29)27-20/h2-5,7-8,11,14,18,20,26,36H,6,9-10H2,1H3,(H,27,29)(H,31,32)(H2,25,33,34)/t11?,14?,18-,20?/m0/s1. The molecule has 0 aliphatic carbocycles. The highest BCUT2D eigenvalue weighted by Crippen LogP contribution is 2.34. The summed E-state index contributed by atoms with van der Waals surface area (Å²) in [6, 6.07) is 8.27. The van der Waals surface area contributed by atoms with E-state index in [0.29, 0.717) is 22.8 Å². The number of carboxylic acid groups (broad SMARTS) is 1. The second-order valence-corrected chi connectivity index (χ2v) is 11.2. The van der Waals surface area contributed by atoms with Crippen molar-refractivity contribution in [1.82, 2.24) is 10.2 Å². The van der Waals surface area contributed by atoms with Crippen LogP contribution in [0, 0.1) is 5.92 Å². The van der Waals surface area contributed by atoms with Crippen LogP contribution in [0.5, 0.6) is 5.75 Å². The fraction of sp³-hybridized carbons (Fsp3) is 0.348. The van der Waals surface area contributed by atoms with Crippen molar-refractivity contribution in [2.45, 2.75) is 36.6 Å². The minimum absolute atomic E-state index is 0.0722. The number of hydrogen-bond acceptors (Lipinski definition) is 8. The van der Waals surface area contributed by atoms with Crippen molar-refractivity contribution >= 4 is 57.7 Å². The van der Waals surface area contributed by atoms with E-state index < -0.39 is 46.1 Å². The van der Waals surface area contributed by atoms with Crippen LogP contribution < -0.4 is 20.5 Å². The molecule has 14 heteroatoms. The van der Waals surface area contributed by atoms with Gasteiger partial charge in [0.2, 0.25) is 15.9 Å². The quantitative estimate of drug-likeness (QED) is 0.315. The summed E-state index contributed by atoms with van der Waals surface area (Å²) in [5.41, 5.74) is 1.01. The van der Waals surface area contributed by atoms with Gasteiger partial charge in [0.25, 0.3) is 5.91 Å². The largest absolute Gasteiger partial charge is 0.488 e. The summed E-state index contributed by atoms with van der Waals surface area (Å²) in [7, 11) is -4.12. The molecule has 2 heterocycles. The van der Waals surface area contributed by atoms with Crippen molar-refractivity contribution in [2.75, 3.05) is 17.6 Å². The van der Waals surface area contributed by atoms with Crippen LogP contribution >= 0.6 is 24.2 Å². The fourth-order valence-electron chi connectivity index (χ4n) is 4.33. The van der Waals surface area contributed by atoms with Crippen molar-refractivity contribution in [3.05, 3.63) is 52.5 Å². The van der Waals surface area contributed by atoms with Crippen LogP contribution in [-0.2, 0) is 19.6 Å². The highest BCUT2D eigenvalue weighted by molar-refractivity contribution is 7.89. The summed E-state index contributed by atoms with van der Waals surface area (Å²) in [5, 5.41) is 20.5. The Morgan fingerprint density at radius 3 is 2.68 bits per heavy atom. The number of halogens is 1. The van der Waals surface area contributed by atoms with Gasteiger partial charge in [0.1, 0.15) is 29.0 Å². The van der Waals surface area contributed by atoms with Gasteiger partial charge in [-0.2, -0.15) is 12.6 Å². The Morgan fingerprint density at radius 2 is 2.03 bits per heavy atom. The number of ether oxygens (including phenoxy) is 1. The number of fused-ring (bicyclic) bond motifs is 1. The second-order valence-electron chi connectivity index (χ2n) is 8.90. The number of aliphatic carboxylic acids is 1. The van der Waals surface area contributed by atoms with Gasteiger partial charge in [-0.3, -0.25) is 9.59 Å². The summed E-state index contributed by atoms with van der Waals surface area (Å²) >= 11 is 10.2. The molecule has 0 saturated carbocycles. The van der Waals surface area contributed by atoms with Gasteiger partial charge in [-0.15, -0.1) is 0 Å². The molecule has 2 aliphatic rings. The lowest BCUT2D eigenvalue weighted by molar-refractivity contribution is -0.149. The van der Waals surface area contributed by atoms with Gasteiger partial charge in [0, 0.05) is 18.1 Å². The molecule has 3 unspecified atom stereocenters. The fourth-order valence-corrected chi connectivity index (χ4v) is 5.58. The molecule has 5 N–H and O–H groups in total. The third-order valence-corrected chi connectivity index (χ3v) is 8.14. The number of nitrogens with zero attached hydrogens (tertiary/aromatic N) is 1. The number of nitrogens with two attached hydrogens (primary N) is 1. The number of nitrogens with one attached hydrogen (secondary N) is 2. The summed E-state index contributed by atoms with van der Waals surface area (Å²) in [5.74, 6) is -1.62. The zero-order valence-corrected chi connectivity index (χ0v) is 22.0. The monoisotopic (exact) mass is 568 g/mol. The molecule has 4 rings (SSSR count). The van der Waals surface area contributed by atoms with E-state index in [0.717, 1.165) is 6.07 Å². The highest BCUT2D eigenvalue weighted by Gasteiger charge is 2.42. The topological polar surface area (TPSA) is 168 Å². The number of anilines is 1. The molecule has 4 atom stereocenters. The summed E-state index contributed by atoms with van der Waals surface area (Å²) in [4.78, 5) is 38.1. The van der Waals surface area contributed by atoms with Crippen LogP contribution in [-0.4, -0.2) is 60.7 Å². The van der Waals surface area contributed by atoms with Crippen LogP contribution in [0.4, 0.5) is 5.69 Å². The van der Waals surface area contributed by atoms with Crippen molar-refractivity contribution in [3.63, 3.8) is 0 Å². The lowest BCUT2D eigenvalue weighted by Gasteiger charge is -2.29. The number of likely N-dealkylation sites (tertiary alicyclic amines) is 1. The van der Waals surface area contributed by atoms with Gasteiger partial charge in [-0.05, 0) is 29.8 Å². The van der Waals surface area contributed by atoms with Crippen molar-refractivity contribution in [1.29, 1.82) is 0 Å². The van der Waals surface area contributed by atoms with E-state index in [1.54, 1.807) is 31.2 Å². The van der Waals surface area contributed by atoms with Crippen LogP contribution in [0.3, 0.4) is 0 Å². The third kappa shape index (κ3) is 5.64. The van der Waals surface area contributed by atoms with Crippen LogP contribution in [0.2, 0.25) is 5.02 Å². The maximum Gasteiger partial charge on any atom is 0.326 e. The lowest BCUT2D eigenvalue weighted by Crippen LogP contribution is -2.43. The maximum absolute atomic E-state index is 12.7. The molecule has 0 bridgehead atoms. The first-order valence-electron chi connectivity index (χ1n) is 11.2. The summed E-state index contributed by atoms with van der Waals surface area (Å²) < 4.78 is 29.5. The molecule has 11 nitrogen and oxygen atoms in total. The Bertz CT molecular complexity index is 1370. The zero-order valence-electron chi connectivity index (χ0n) is 19.5. The van der Waals surface area contributed by atoms with E-state index in [1.807, 2.05) is 0 Å². The smallest absolute Gasteiger partial charge is 0.326 e. The SMILES string of the molecule is CC(CS)C(=O)N1CC(Oc2cccc(C3NC(=O)c4cc(S(N)(=O)=O)c(Cl)cc4N3)c2)C[C@H]1C(=O)O. The van der Waals surface area contributed by atoms with E-state index in [1.165, 1.54) is 11.0 Å². The molecule has 1 saturated heterocycles. The number of amides is 2. The van der Waals surface area contributed by atoms with Crippen molar-refractivity contribution < 1.29 is 32.6 Å². The van der Waals surface area contributed by atoms with Crippen molar-refractivity contribution in [3.8, 4) is 5.75 Å². The van der Waals surface area contributed by atoms with E-state index in [9.17, 15) is 27.9 Å². The molecule has 198 valence electrons.